The molecule has 0 fully saturated rings. The van der Waals surface area contributed by atoms with Crippen LogP contribution in [0.15, 0.2) is 54.6 Å². The van der Waals surface area contributed by atoms with E-state index in [4.69, 9.17) is 13.6 Å². The predicted octanol–water partition coefficient (Wildman–Crippen LogP) is 32.1. The van der Waals surface area contributed by atoms with E-state index >= 15 is 4.57 Å². The molecule has 0 spiro atoms. The molecule has 0 bridgehead atoms. The summed E-state index contributed by atoms with van der Waals surface area (Å²) < 4.78 is 38.6. The van der Waals surface area contributed by atoms with E-state index in [0.29, 0.717) is 17.2 Å². The van der Waals surface area contributed by atoms with Gasteiger partial charge in [-0.1, -0.05) is 425 Å². The molecule has 0 N–H and O–H groups in total. The smallest absolute Gasteiger partial charge is 0.386 e. The molecule has 0 saturated carbocycles. The van der Waals surface area contributed by atoms with E-state index in [1.165, 1.54) is 380 Å². The SMILES string of the molecule is CCCCCCCCCCCCc1cccc(OP(=O)(Oc2cccc(CCCCCCCCCCCC)c2CCCCCCCCCCCC)Oc2cccc(CCCCCCCCCCCC)c2CCCCCCCCCCCC)c1CCCCCCCCCCCC. The Bertz CT molecular complexity index is 1960. The summed E-state index contributed by atoms with van der Waals surface area (Å²) >= 11 is 0. The third-order valence-corrected chi connectivity index (χ3v) is 22.3. The molecule has 0 aliphatic rings. The van der Waals surface area contributed by atoms with Crippen LogP contribution in [0.25, 0.3) is 0 Å². The largest absolute Gasteiger partial charge is 0.647 e. The number of unbranched alkanes of at least 4 members (excludes halogenated alkanes) is 54. The van der Waals surface area contributed by atoms with Gasteiger partial charge in [0, 0.05) is 0 Å². The molecule has 0 atom stereocenters. The van der Waals surface area contributed by atoms with Crippen molar-refractivity contribution in [2.24, 2.45) is 0 Å². The second kappa shape index (κ2) is 63.5. The number of phosphoric acid groups is 1. The van der Waals surface area contributed by atoms with Gasteiger partial charge < -0.3 is 13.6 Å². The summed E-state index contributed by atoms with van der Waals surface area (Å²) in [6.45, 7) is 13.9. The predicted molar refractivity (Wildman–Crippen MR) is 422 cm³/mol. The number of aryl methyl sites for hydroxylation is 3. The van der Waals surface area contributed by atoms with Gasteiger partial charge in [-0.05, 0) is 129 Å². The lowest BCUT2D eigenvalue weighted by Crippen LogP contribution is -2.12. The van der Waals surface area contributed by atoms with E-state index in [9.17, 15) is 0 Å². The first-order valence-electron chi connectivity index (χ1n) is 42.9. The Morgan fingerprint density at radius 1 is 0.200 bits per heavy atom. The Kier molecular flexibility index (Phi) is 57.8. The van der Waals surface area contributed by atoms with Crippen LogP contribution in [0.2, 0.25) is 0 Å². The molecule has 0 unspecified atom stereocenters. The number of benzene rings is 3. The Labute approximate surface area is 593 Å². The summed E-state index contributed by atoms with van der Waals surface area (Å²) in [5.41, 5.74) is 7.71. The highest BCUT2D eigenvalue weighted by Crippen LogP contribution is 2.53. The number of hydrogen-bond acceptors (Lipinski definition) is 4. The van der Waals surface area contributed by atoms with Crippen molar-refractivity contribution in [3.8, 4) is 17.2 Å². The minimum atomic E-state index is -4.39. The van der Waals surface area contributed by atoms with Crippen LogP contribution < -0.4 is 13.6 Å². The third kappa shape index (κ3) is 45.6. The topological polar surface area (TPSA) is 44.8 Å². The van der Waals surface area contributed by atoms with Crippen molar-refractivity contribution in [3.05, 3.63) is 88.0 Å². The van der Waals surface area contributed by atoms with E-state index < -0.39 is 7.82 Å². The van der Waals surface area contributed by atoms with Gasteiger partial charge in [-0.3, -0.25) is 0 Å². The van der Waals surface area contributed by atoms with Gasteiger partial charge in [0.15, 0.2) is 0 Å². The van der Waals surface area contributed by atoms with Crippen LogP contribution in [0, 0.1) is 0 Å². The first kappa shape index (κ1) is 86.5. The van der Waals surface area contributed by atoms with Crippen molar-refractivity contribution in [1.82, 2.24) is 0 Å². The van der Waals surface area contributed by atoms with Crippen LogP contribution in [0.4, 0.5) is 0 Å². The average Bonchev–Trinajstić information content (AvgIpc) is 0.805. The molecule has 0 radical (unpaired) electrons. The molecule has 95 heavy (non-hydrogen) atoms. The zero-order chi connectivity index (χ0) is 67.9. The van der Waals surface area contributed by atoms with Gasteiger partial charge in [-0.15, -0.1) is 0 Å². The summed E-state index contributed by atoms with van der Waals surface area (Å²) in [6, 6.07) is 19.9. The van der Waals surface area contributed by atoms with E-state index in [1.54, 1.807) is 0 Å². The first-order chi connectivity index (χ1) is 46.9. The Hall–Kier alpha value is -2.71. The van der Waals surface area contributed by atoms with Crippen LogP contribution in [0.1, 0.15) is 460 Å². The number of phosphoric ester groups is 1. The van der Waals surface area contributed by atoms with Crippen molar-refractivity contribution < 1.29 is 18.1 Å². The first-order valence-corrected chi connectivity index (χ1v) is 44.4. The van der Waals surface area contributed by atoms with Crippen LogP contribution in [-0.4, -0.2) is 0 Å². The Morgan fingerprint density at radius 2 is 0.347 bits per heavy atom. The van der Waals surface area contributed by atoms with E-state index in [1.807, 2.05) is 0 Å². The lowest BCUT2D eigenvalue weighted by atomic mass is 9.95. The fourth-order valence-electron chi connectivity index (χ4n) is 14.8. The fourth-order valence-corrected chi connectivity index (χ4v) is 16.2. The summed E-state index contributed by atoms with van der Waals surface area (Å²) in [4.78, 5) is 0. The molecule has 0 saturated heterocycles. The highest BCUT2D eigenvalue weighted by atomic mass is 31.2. The minimum Gasteiger partial charge on any atom is -0.386 e. The van der Waals surface area contributed by atoms with E-state index in [2.05, 4.69) is 96.1 Å². The second-order valence-corrected chi connectivity index (χ2v) is 31.4. The van der Waals surface area contributed by atoms with Gasteiger partial charge >= 0.3 is 7.82 Å². The summed E-state index contributed by atoms with van der Waals surface area (Å²) in [6.07, 6.45) is 84.5. The highest BCUT2D eigenvalue weighted by Gasteiger charge is 2.36. The Balaban J connectivity index is 2.10. The summed E-state index contributed by atoms with van der Waals surface area (Å²) in [5, 5.41) is 0. The monoisotopic (exact) mass is 1340 g/mol. The quantitative estimate of drug-likeness (QED) is 0.0417. The van der Waals surface area contributed by atoms with Gasteiger partial charge in [-0.2, -0.15) is 4.57 Å². The molecule has 0 aliphatic heterocycles. The molecule has 3 aromatic carbocycles. The fraction of sp³-hybridized carbons (Fsp3) is 0.800. The molecule has 5 heteroatoms. The maximum absolute atomic E-state index is 16.8. The van der Waals surface area contributed by atoms with Gasteiger partial charge in [0.05, 0.1) is 0 Å². The molecule has 3 aromatic rings. The van der Waals surface area contributed by atoms with Crippen LogP contribution in [-0.2, 0) is 43.1 Å². The maximum atomic E-state index is 16.8. The lowest BCUT2D eigenvalue weighted by Gasteiger charge is -2.25. The molecule has 0 aromatic heterocycles. The molecule has 548 valence electrons. The standard InChI is InChI=1S/C90H159O4P/c1-7-13-19-25-31-37-43-49-55-61-70-82-73-67-79-88(85(82)76-64-58-52-46-40-34-28-22-16-10-4)92-95(91,93-89-80-68-74-83(71-62-56-50-44-38-32-26-20-14-8-2)86(89)77-65-59-53-47-41-35-29-23-17-11-5)94-90-81-69-75-84(72-63-57-51-45-39-33-27-21-15-9-3)87(90)78-66-60-54-48-42-36-30-24-18-12-6/h67-69,73-75,79-81H,7-66,70-72,76-78H2,1-6H3. The van der Waals surface area contributed by atoms with Gasteiger partial charge in [0.1, 0.15) is 17.2 Å². The molecular weight excluding hydrogens is 1180 g/mol. The Morgan fingerprint density at radius 3 is 0.516 bits per heavy atom. The zero-order valence-electron chi connectivity index (χ0n) is 64.4. The molecule has 3 rings (SSSR count). The van der Waals surface area contributed by atoms with Crippen LogP contribution in [0.3, 0.4) is 0 Å². The van der Waals surface area contributed by atoms with E-state index in [-0.39, 0.29) is 0 Å². The van der Waals surface area contributed by atoms with Gasteiger partial charge in [-0.25, -0.2) is 0 Å². The lowest BCUT2D eigenvalue weighted by molar-refractivity contribution is 0.294. The molecule has 0 aliphatic carbocycles. The molecule has 4 nitrogen and oxygen atoms in total. The summed E-state index contributed by atoms with van der Waals surface area (Å²) in [5.74, 6) is 2.10. The van der Waals surface area contributed by atoms with Crippen molar-refractivity contribution in [2.75, 3.05) is 0 Å². The average molecular weight is 1340 g/mol. The van der Waals surface area contributed by atoms with Crippen molar-refractivity contribution in [1.29, 1.82) is 0 Å². The number of rotatable bonds is 72. The van der Waals surface area contributed by atoms with Crippen molar-refractivity contribution >= 4 is 7.82 Å². The second-order valence-electron chi connectivity index (χ2n) is 30.0. The van der Waals surface area contributed by atoms with Crippen molar-refractivity contribution in [2.45, 2.75) is 465 Å². The zero-order valence-corrected chi connectivity index (χ0v) is 65.3. The van der Waals surface area contributed by atoms with Crippen LogP contribution in [0.5, 0.6) is 17.2 Å². The van der Waals surface area contributed by atoms with E-state index in [0.717, 1.165) is 77.0 Å². The van der Waals surface area contributed by atoms with Gasteiger partial charge in [0.2, 0.25) is 0 Å². The maximum Gasteiger partial charge on any atom is 0.647 e. The van der Waals surface area contributed by atoms with Crippen molar-refractivity contribution in [3.63, 3.8) is 0 Å². The summed E-state index contributed by atoms with van der Waals surface area (Å²) in [7, 11) is -4.39. The molecular formula is C90H159O4P. The van der Waals surface area contributed by atoms with Gasteiger partial charge in [0.25, 0.3) is 0 Å². The molecule has 0 heterocycles. The third-order valence-electron chi connectivity index (χ3n) is 21.1. The number of hydrogen-bond donors (Lipinski definition) is 0. The molecule has 0 amide bonds. The minimum absolute atomic E-state index is 0.698. The van der Waals surface area contributed by atoms with Crippen LogP contribution >= 0.6 is 7.82 Å². The highest BCUT2D eigenvalue weighted by molar-refractivity contribution is 7.49. The normalized spacial score (nSPS) is 11.8.